The first-order chi connectivity index (χ1) is 12.8. The Balaban J connectivity index is 1.63. The molecule has 0 spiro atoms. The molecule has 0 radical (unpaired) electrons. The number of hydrogen-bond donors (Lipinski definition) is 2. The van der Waals surface area contributed by atoms with Crippen molar-refractivity contribution in [2.45, 2.75) is 37.6 Å². The van der Waals surface area contributed by atoms with Gasteiger partial charge in [0.05, 0.1) is 4.90 Å². The summed E-state index contributed by atoms with van der Waals surface area (Å²) in [6, 6.07) is 4.72. The van der Waals surface area contributed by atoms with Crippen LogP contribution in [-0.4, -0.2) is 37.8 Å². The molecular formula is C17H20N4O4S2. The highest BCUT2D eigenvalue weighted by molar-refractivity contribution is 7.89. The number of thiazole rings is 1. The molecule has 1 aliphatic heterocycles. The predicted octanol–water partition coefficient (Wildman–Crippen LogP) is 1.75. The Kier molecular flexibility index (Phi) is 5.59. The van der Waals surface area contributed by atoms with E-state index in [9.17, 15) is 18.0 Å². The van der Waals surface area contributed by atoms with Crippen LogP contribution in [0.15, 0.2) is 34.7 Å². The molecule has 144 valence electrons. The van der Waals surface area contributed by atoms with Crippen LogP contribution in [0, 0.1) is 0 Å². The fourth-order valence-electron chi connectivity index (χ4n) is 3.10. The predicted molar refractivity (Wildman–Crippen MR) is 103 cm³/mol. The molecule has 0 saturated heterocycles. The van der Waals surface area contributed by atoms with Crippen LogP contribution in [0.5, 0.6) is 0 Å². The second-order valence-electron chi connectivity index (χ2n) is 6.27. The number of sulfonamides is 1. The molecule has 1 aliphatic rings. The normalized spacial score (nSPS) is 16.2. The van der Waals surface area contributed by atoms with E-state index in [1.807, 2.05) is 6.92 Å². The Bertz CT molecular complexity index is 957. The van der Waals surface area contributed by atoms with Gasteiger partial charge in [-0.25, -0.2) is 18.1 Å². The van der Waals surface area contributed by atoms with E-state index in [1.54, 1.807) is 28.6 Å². The number of amides is 2. The molecule has 2 aromatic rings. The molecule has 2 N–H and O–H groups in total. The minimum absolute atomic E-state index is 0.00109. The van der Waals surface area contributed by atoms with E-state index in [1.165, 1.54) is 24.3 Å². The molecule has 27 heavy (non-hydrogen) atoms. The van der Waals surface area contributed by atoms with Gasteiger partial charge in [-0.3, -0.25) is 9.59 Å². The van der Waals surface area contributed by atoms with Crippen molar-refractivity contribution in [1.29, 1.82) is 0 Å². The Morgan fingerprint density at radius 2 is 2.15 bits per heavy atom. The average molecular weight is 409 g/mol. The average Bonchev–Trinajstić information content (AvgIpc) is 3.20. The zero-order valence-electron chi connectivity index (χ0n) is 14.9. The second kappa shape index (κ2) is 7.75. The van der Waals surface area contributed by atoms with E-state index in [4.69, 9.17) is 0 Å². The summed E-state index contributed by atoms with van der Waals surface area (Å²) in [5.74, 6) is -0.381. The number of nitrogens with zero attached hydrogens (tertiary/aromatic N) is 2. The number of anilines is 2. The summed E-state index contributed by atoms with van der Waals surface area (Å²) in [6.07, 6.45) is 2.18. The van der Waals surface area contributed by atoms with Gasteiger partial charge in [0.1, 0.15) is 0 Å². The molecule has 1 atom stereocenters. The van der Waals surface area contributed by atoms with Crippen molar-refractivity contribution in [2.24, 2.45) is 0 Å². The van der Waals surface area contributed by atoms with Crippen molar-refractivity contribution in [1.82, 2.24) is 9.71 Å². The molecular weight excluding hydrogens is 388 g/mol. The van der Waals surface area contributed by atoms with E-state index in [0.717, 1.165) is 11.3 Å². The smallest absolute Gasteiger partial charge is 0.240 e. The van der Waals surface area contributed by atoms with Crippen molar-refractivity contribution >= 4 is 44.0 Å². The van der Waals surface area contributed by atoms with E-state index in [-0.39, 0.29) is 35.7 Å². The molecule has 0 bridgehead atoms. The maximum atomic E-state index is 12.5. The SMILES string of the molecule is CC(=O)N1c2ccc(S(=O)(=O)NCCC(=O)Nc3nccs3)cc2C[C@@H]1C. The van der Waals surface area contributed by atoms with E-state index >= 15 is 0 Å². The summed E-state index contributed by atoms with van der Waals surface area (Å²) < 4.78 is 27.4. The molecule has 1 aromatic heterocycles. The number of benzene rings is 1. The topological polar surface area (TPSA) is 108 Å². The summed E-state index contributed by atoms with van der Waals surface area (Å²) in [7, 11) is -3.74. The fourth-order valence-corrected chi connectivity index (χ4v) is 4.73. The van der Waals surface area contributed by atoms with Gasteiger partial charge in [0, 0.05) is 43.2 Å². The van der Waals surface area contributed by atoms with Gasteiger partial charge in [-0.2, -0.15) is 0 Å². The number of nitrogens with one attached hydrogen (secondary N) is 2. The molecule has 0 fully saturated rings. The third kappa shape index (κ3) is 4.34. The molecule has 10 heteroatoms. The van der Waals surface area contributed by atoms with Crippen molar-refractivity contribution in [2.75, 3.05) is 16.8 Å². The van der Waals surface area contributed by atoms with E-state index in [0.29, 0.717) is 11.6 Å². The molecule has 0 unspecified atom stereocenters. The summed E-state index contributed by atoms with van der Waals surface area (Å²) in [4.78, 5) is 29.3. The number of rotatable bonds is 6. The Hall–Kier alpha value is -2.30. The van der Waals surface area contributed by atoms with Gasteiger partial charge in [0.2, 0.25) is 21.8 Å². The highest BCUT2D eigenvalue weighted by atomic mass is 32.2. The van der Waals surface area contributed by atoms with Crippen molar-refractivity contribution in [3.8, 4) is 0 Å². The second-order valence-corrected chi connectivity index (χ2v) is 8.93. The number of aromatic nitrogens is 1. The van der Waals surface area contributed by atoms with Crippen molar-refractivity contribution < 1.29 is 18.0 Å². The van der Waals surface area contributed by atoms with Crippen LogP contribution in [0.1, 0.15) is 25.8 Å². The molecule has 8 nitrogen and oxygen atoms in total. The summed E-state index contributed by atoms with van der Waals surface area (Å²) >= 11 is 1.29. The fraction of sp³-hybridized carbons (Fsp3) is 0.353. The number of hydrogen-bond acceptors (Lipinski definition) is 6. The molecule has 0 aliphatic carbocycles. The van der Waals surface area contributed by atoms with Crippen LogP contribution < -0.4 is 14.9 Å². The Morgan fingerprint density at radius 1 is 1.37 bits per heavy atom. The lowest BCUT2D eigenvalue weighted by atomic mass is 10.1. The van der Waals surface area contributed by atoms with Crippen LogP contribution in [-0.2, 0) is 26.0 Å². The van der Waals surface area contributed by atoms with Crippen molar-refractivity contribution in [3.05, 3.63) is 35.3 Å². The lowest BCUT2D eigenvalue weighted by Gasteiger charge is -2.20. The van der Waals surface area contributed by atoms with Gasteiger partial charge >= 0.3 is 0 Å². The molecule has 3 rings (SSSR count). The van der Waals surface area contributed by atoms with Gasteiger partial charge < -0.3 is 10.2 Å². The lowest BCUT2D eigenvalue weighted by molar-refractivity contribution is -0.117. The van der Waals surface area contributed by atoms with E-state index < -0.39 is 10.0 Å². The molecule has 2 amide bonds. The van der Waals surface area contributed by atoms with Gasteiger partial charge in [-0.05, 0) is 37.1 Å². The largest absolute Gasteiger partial charge is 0.309 e. The van der Waals surface area contributed by atoms with Crippen LogP contribution in [0.3, 0.4) is 0 Å². The van der Waals surface area contributed by atoms with Crippen LogP contribution in [0.4, 0.5) is 10.8 Å². The summed E-state index contributed by atoms with van der Waals surface area (Å²) in [5.41, 5.74) is 1.57. The highest BCUT2D eigenvalue weighted by Crippen LogP contribution is 2.33. The van der Waals surface area contributed by atoms with Crippen LogP contribution >= 0.6 is 11.3 Å². The Labute approximate surface area is 161 Å². The number of fused-ring (bicyclic) bond motifs is 1. The van der Waals surface area contributed by atoms with Crippen LogP contribution in [0.25, 0.3) is 0 Å². The van der Waals surface area contributed by atoms with E-state index in [2.05, 4.69) is 15.0 Å². The maximum Gasteiger partial charge on any atom is 0.240 e. The first kappa shape index (κ1) is 19.5. The maximum absolute atomic E-state index is 12.5. The first-order valence-electron chi connectivity index (χ1n) is 8.39. The lowest BCUT2D eigenvalue weighted by Crippen LogP contribution is -2.33. The van der Waals surface area contributed by atoms with Gasteiger partial charge in [-0.15, -0.1) is 11.3 Å². The standard InChI is InChI=1S/C17H20N4O4S2/c1-11-9-13-10-14(3-4-15(13)21(11)12(2)22)27(24,25)19-6-5-16(23)20-17-18-7-8-26-17/h3-4,7-8,10-11,19H,5-6,9H2,1-2H3,(H,18,20,23)/t11-/m0/s1. The summed E-state index contributed by atoms with van der Waals surface area (Å²) in [6.45, 7) is 3.40. The molecule has 1 aromatic carbocycles. The Morgan fingerprint density at radius 3 is 2.81 bits per heavy atom. The molecule has 0 saturated carbocycles. The highest BCUT2D eigenvalue weighted by Gasteiger charge is 2.30. The zero-order valence-corrected chi connectivity index (χ0v) is 16.6. The zero-order chi connectivity index (χ0) is 19.6. The summed E-state index contributed by atoms with van der Waals surface area (Å²) in [5, 5.41) is 4.81. The first-order valence-corrected chi connectivity index (χ1v) is 10.8. The van der Waals surface area contributed by atoms with Gasteiger partial charge in [0.25, 0.3) is 0 Å². The van der Waals surface area contributed by atoms with Crippen molar-refractivity contribution in [3.63, 3.8) is 0 Å². The quantitative estimate of drug-likeness (QED) is 0.757. The van der Waals surface area contributed by atoms with Crippen LogP contribution in [0.2, 0.25) is 0 Å². The minimum Gasteiger partial charge on any atom is -0.309 e. The third-order valence-electron chi connectivity index (χ3n) is 4.24. The van der Waals surface area contributed by atoms with Gasteiger partial charge in [0.15, 0.2) is 5.13 Å². The molecule has 2 heterocycles. The number of carbonyl (C=O) groups excluding carboxylic acids is 2. The van der Waals surface area contributed by atoms with Gasteiger partial charge in [-0.1, -0.05) is 0 Å². The number of carbonyl (C=O) groups is 2. The minimum atomic E-state index is -3.74. The third-order valence-corrected chi connectivity index (χ3v) is 6.39. The monoisotopic (exact) mass is 408 g/mol.